The highest BCUT2D eigenvalue weighted by Crippen LogP contribution is 2.34. The van der Waals surface area contributed by atoms with E-state index < -0.39 is 0 Å². The number of rotatable bonds is 0. The average Bonchev–Trinajstić information content (AvgIpc) is 2.00. The Balaban J connectivity index is 1.91. The number of hydrogen-bond donors (Lipinski definition) is 0. The Morgan fingerprint density at radius 3 is 2.75 bits per heavy atom. The number of Topliss-reactive ketones (excluding diaryl/α,β-unsaturated/α-hetero) is 1. The Morgan fingerprint density at radius 1 is 1.17 bits per heavy atom. The summed E-state index contributed by atoms with van der Waals surface area (Å²) in [6.45, 7) is 0. The van der Waals surface area contributed by atoms with E-state index in [1.54, 1.807) is 5.57 Å². The smallest absolute Gasteiger partial charge is 0.132 e. The Morgan fingerprint density at radius 2 is 1.92 bits per heavy atom. The van der Waals surface area contributed by atoms with Gasteiger partial charge >= 0.3 is 0 Å². The Labute approximate surface area is 73.8 Å². The molecular formula is C11H16O. The molecule has 0 heterocycles. The Bertz CT molecular complexity index is 215. The van der Waals surface area contributed by atoms with Gasteiger partial charge in [0.2, 0.25) is 0 Å². The quantitative estimate of drug-likeness (QED) is 0.503. The van der Waals surface area contributed by atoms with Crippen molar-refractivity contribution < 1.29 is 4.79 Å². The molecule has 0 spiro atoms. The van der Waals surface area contributed by atoms with Gasteiger partial charge < -0.3 is 0 Å². The van der Waals surface area contributed by atoms with Gasteiger partial charge in [-0.25, -0.2) is 0 Å². The lowest BCUT2D eigenvalue weighted by Gasteiger charge is -2.26. The number of carbonyl (C=O) groups is 1. The third kappa shape index (κ3) is 1.77. The van der Waals surface area contributed by atoms with Crippen molar-refractivity contribution >= 4 is 5.78 Å². The molecule has 0 amide bonds. The molecule has 3 rings (SSSR count). The summed E-state index contributed by atoms with van der Waals surface area (Å²) in [4.78, 5) is 11.2. The van der Waals surface area contributed by atoms with Crippen LogP contribution in [0.15, 0.2) is 11.6 Å². The van der Waals surface area contributed by atoms with Gasteiger partial charge in [-0.1, -0.05) is 11.6 Å². The van der Waals surface area contributed by atoms with Crippen molar-refractivity contribution in [3.05, 3.63) is 11.6 Å². The Kier molecular flexibility index (Phi) is 2.29. The molecule has 0 aromatic heterocycles. The Hall–Kier alpha value is -0.590. The molecule has 12 heavy (non-hydrogen) atoms. The lowest BCUT2D eigenvalue weighted by Crippen LogP contribution is -2.13. The van der Waals surface area contributed by atoms with Crippen LogP contribution in [0.1, 0.15) is 44.9 Å². The van der Waals surface area contributed by atoms with Crippen molar-refractivity contribution in [2.45, 2.75) is 44.9 Å². The minimum Gasteiger partial charge on any atom is -0.300 e. The molecule has 0 radical (unpaired) electrons. The van der Waals surface area contributed by atoms with Crippen LogP contribution in [0.4, 0.5) is 0 Å². The maximum Gasteiger partial charge on any atom is 0.132 e. The van der Waals surface area contributed by atoms with Crippen molar-refractivity contribution in [3.8, 4) is 0 Å². The van der Waals surface area contributed by atoms with E-state index in [9.17, 15) is 4.79 Å². The summed E-state index contributed by atoms with van der Waals surface area (Å²) in [6.07, 6.45) is 10.0. The number of carbonyl (C=O) groups excluding carboxylic acids is 1. The van der Waals surface area contributed by atoms with Gasteiger partial charge in [0, 0.05) is 12.8 Å². The van der Waals surface area contributed by atoms with Gasteiger partial charge in [0.15, 0.2) is 0 Å². The fraction of sp³-hybridized carbons (Fsp3) is 0.727. The third-order valence-electron chi connectivity index (χ3n) is 2.98. The average molecular weight is 164 g/mol. The van der Waals surface area contributed by atoms with Crippen LogP contribution in [0.25, 0.3) is 0 Å². The first kappa shape index (κ1) is 8.03. The van der Waals surface area contributed by atoms with E-state index >= 15 is 0 Å². The summed E-state index contributed by atoms with van der Waals surface area (Å²) in [5.41, 5.74) is 1.61. The molecule has 0 aliphatic heterocycles. The molecule has 1 saturated carbocycles. The monoisotopic (exact) mass is 164 g/mol. The molecule has 1 nitrogen and oxygen atoms in total. The minimum absolute atomic E-state index is 0.483. The van der Waals surface area contributed by atoms with E-state index in [0.717, 1.165) is 31.6 Å². The molecule has 1 atom stereocenters. The standard InChI is InChI=1S/C11H16O/c12-11-5-1-3-9-7-10(8-9)4-2-6-11/h7,9H,1-6,8H2. The van der Waals surface area contributed by atoms with Crippen LogP contribution < -0.4 is 0 Å². The van der Waals surface area contributed by atoms with Crippen molar-refractivity contribution in [3.63, 3.8) is 0 Å². The number of allylic oxidation sites excluding steroid dienone is 2. The first-order valence-corrected chi connectivity index (χ1v) is 5.06. The van der Waals surface area contributed by atoms with E-state index in [1.807, 2.05) is 0 Å². The SMILES string of the molecule is O=C1CCCC2=CC(CCC1)C2. The second kappa shape index (κ2) is 3.42. The largest absolute Gasteiger partial charge is 0.300 e. The normalized spacial score (nSPS) is 30.5. The summed E-state index contributed by atoms with van der Waals surface area (Å²) >= 11 is 0. The zero-order valence-corrected chi connectivity index (χ0v) is 7.51. The summed E-state index contributed by atoms with van der Waals surface area (Å²) in [5.74, 6) is 1.31. The van der Waals surface area contributed by atoms with Crippen LogP contribution in [-0.4, -0.2) is 5.78 Å². The minimum atomic E-state index is 0.483. The fourth-order valence-corrected chi connectivity index (χ4v) is 2.21. The van der Waals surface area contributed by atoms with Crippen LogP contribution >= 0.6 is 0 Å². The predicted octanol–water partition coefficient (Wildman–Crippen LogP) is 2.86. The summed E-state index contributed by atoms with van der Waals surface area (Å²) in [7, 11) is 0. The molecule has 0 aromatic carbocycles. The zero-order chi connectivity index (χ0) is 8.39. The highest BCUT2D eigenvalue weighted by atomic mass is 16.1. The van der Waals surface area contributed by atoms with Crippen molar-refractivity contribution in [2.24, 2.45) is 5.92 Å². The van der Waals surface area contributed by atoms with E-state index in [-0.39, 0.29) is 0 Å². The molecule has 1 heteroatoms. The van der Waals surface area contributed by atoms with Crippen LogP contribution in [-0.2, 0) is 4.79 Å². The van der Waals surface area contributed by atoms with Crippen LogP contribution in [0.5, 0.6) is 0 Å². The summed E-state index contributed by atoms with van der Waals surface area (Å²) < 4.78 is 0. The lowest BCUT2D eigenvalue weighted by atomic mass is 9.79. The lowest BCUT2D eigenvalue weighted by molar-refractivity contribution is -0.119. The van der Waals surface area contributed by atoms with Gasteiger partial charge in [-0.2, -0.15) is 0 Å². The molecule has 2 bridgehead atoms. The molecule has 0 aromatic rings. The van der Waals surface area contributed by atoms with Gasteiger partial charge in [-0.05, 0) is 38.0 Å². The molecule has 3 aliphatic rings. The fourth-order valence-electron chi connectivity index (χ4n) is 2.21. The van der Waals surface area contributed by atoms with E-state index in [0.29, 0.717) is 5.78 Å². The van der Waals surface area contributed by atoms with Gasteiger partial charge in [0.1, 0.15) is 5.78 Å². The first-order valence-electron chi connectivity index (χ1n) is 5.06. The third-order valence-corrected chi connectivity index (χ3v) is 2.98. The molecular weight excluding hydrogens is 148 g/mol. The van der Waals surface area contributed by atoms with Crippen LogP contribution in [0, 0.1) is 5.92 Å². The molecule has 0 saturated heterocycles. The topological polar surface area (TPSA) is 17.1 Å². The number of hydrogen-bond acceptors (Lipinski definition) is 1. The second-order valence-electron chi connectivity index (χ2n) is 4.07. The van der Waals surface area contributed by atoms with Crippen molar-refractivity contribution in [2.75, 3.05) is 0 Å². The number of ketones is 1. The maximum atomic E-state index is 11.2. The molecule has 66 valence electrons. The highest BCUT2D eigenvalue weighted by molar-refractivity contribution is 5.78. The highest BCUT2D eigenvalue weighted by Gasteiger charge is 2.20. The maximum absolute atomic E-state index is 11.2. The van der Waals surface area contributed by atoms with Gasteiger partial charge in [-0.3, -0.25) is 4.79 Å². The number of fused-ring (bicyclic) bond motifs is 6. The van der Waals surface area contributed by atoms with Crippen LogP contribution in [0.3, 0.4) is 0 Å². The van der Waals surface area contributed by atoms with Crippen molar-refractivity contribution in [1.82, 2.24) is 0 Å². The first-order chi connectivity index (χ1) is 5.84. The second-order valence-corrected chi connectivity index (χ2v) is 4.07. The van der Waals surface area contributed by atoms with Crippen LogP contribution in [0.2, 0.25) is 0 Å². The molecule has 0 N–H and O–H groups in total. The molecule has 1 fully saturated rings. The van der Waals surface area contributed by atoms with E-state index in [2.05, 4.69) is 6.08 Å². The summed E-state index contributed by atoms with van der Waals surface area (Å²) in [6, 6.07) is 0. The zero-order valence-electron chi connectivity index (χ0n) is 7.51. The van der Waals surface area contributed by atoms with Gasteiger partial charge in [0.05, 0.1) is 0 Å². The molecule has 1 unspecified atom stereocenters. The van der Waals surface area contributed by atoms with E-state index in [4.69, 9.17) is 0 Å². The van der Waals surface area contributed by atoms with Gasteiger partial charge in [0.25, 0.3) is 0 Å². The van der Waals surface area contributed by atoms with E-state index in [1.165, 1.54) is 19.3 Å². The summed E-state index contributed by atoms with van der Waals surface area (Å²) in [5, 5.41) is 0. The van der Waals surface area contributed by atoms with Crippen molar-refractivity contribution in [1.29, 1.82) is 0 Å². The molecule has 3 aliphatic carbocycles. The van der Waals surface area contributed by atoms with Gasteiger partial charge in [-0.15, -0.1) is 0 Å². The predicted molar refractivity (Wildman–Crippen MR) is 48.9 cm³/mol.